The monoisotopic (exact) mass is 440 g/mol. The van der Waals surface area contributed by atoms with Crippen molar-refractivity contribution in [1.82, 2.24) is 4.90 Å². The molecule has 4 nitrogen and oxygen atoms in total. The van der Waals surface area contributed by atoms with Gasteiger partial charge in [0.2, 0.25) is 0 Å². The van der Waals surface area contributed by atoms with Crippen LogP contribution in [0.5, 0.6) is 5.75 Å². The van der Waals surface area contributed by atoms with Gasteiger partial charge in [-0.25, -0.2) is 4.99 Å². The molecule has 0 atom stereocenters. The molecule has 1 amide bonds. The zero-order valence-corrected chi connectivity index (χ0v) is 18.6. The summed E-state index contributed by atoms with van der Waals surface area (Å²) in [5.41, 5.74) is 1.74. The van der Waals surface area contributed by atoms with Gasteiger partial charge in [-0.05, 0) is 67.4 Å². The predicted molar refractivity (Wildman–Crippen MR) is 125 cm³/mol. The molecule has 1 saturated carbocycles. The molecule has 0 bridgehead atoms. The highest BCUT2D eigenvalue weighted by Crippen LogP contribution is 2.39. The van der Waals surface area contributed by atoms with Crippen molar-refractivity contribution >= 4 is 46.2 Å². The van der Waals surface area contributed by atoms with Gasteiger partial charge in [0.05, 0.1) is 22.2 Å². The highest BCUT2D eigenvalue weighted by atomic mass is 35.5. The Morgan fingerprint density at radius 2 is 1.93 bits per heavy atom. The molecule has 0 aromatic heterocycles. The van der Waals surface area contributed by atoms with E-state index in [0.29, 0.717) is 22.3 Å². The number of carbonyl (C=O) groups is 1. The van der Waals surface area contributed by atoms with Crippen molar-refractivity contribution in [2.24, 2.45) is 4.99 Å². The molecule has 1 aliphatic heterocycles. The first-order valence-electron chi connectivity index (χ1n) is 10.4. The second-order valence-electron chi connectivity index (χ2n) is 7.43. The molecule has 2 aliphatic rings. The van der Waals surface area contributed by atoms with E-state index in [1.54, 1.807) is 0 Å². The fraction of sp³-hybridized carbons (Fsp3) is 0.333. The summed E-state index contributed by atoms with van der Waals surface area (Å²) in [6, 6.07) is 15.7. The average molecular weight is 441 g/mol. The average Bonchev–Trinajstić information content (AvgIpc) is 3.06. The molecule has 2 aromatic rings. The Morgan fingerprint density at radius 3 is 2.63 bits per heavy atom. The van der Waals surface area contributed by atoms with E-state index in [4.69, 9.17) is 21.3 Å². The number of benzene rings is 2. The number of aliphatic imine (C=N–C) groups is 1. The molecule has 0 spiro atoms. The number of ether oxygens (including phenoxy) is 1. The Labute approximate surface area is 187 Å². The van der Waals surface area contributed by atoms with Crippen molar-refractivity contribution < 1.29 is 9.53 Å². The highest BCUT2D eigenvalue weighted by Gasteiger charge is 2.38. The molecule has 0 radical (unpaired) electrons. The minimum absolute atomic E-state index is 0.0339. The standard InChI is InChI=1S/C24H25ClN2O2S/c1-2-29-21-14-13-17(15-20(21)25)16-22-23(28)27(19-11-7-4-8-12-19)24(30-22)26-18-9-5-3-6-10-18/h3,5-6,9-10,13-16,19H,2,4,7-8,11-12H2,1H3/b22-16-,26-24?. The van der Waals surface area contributed by atoms with Gasteiger partial charge >= 0.3 is 0 Å². The van der Waals surface area contributed by atoms with Crippen LogP contribution in [0.4, 0.5) is 5.69 Å². The SMILES string of the molecule is CCOc1ccc(/C=C2\SC(=Nc3ccccc3)N(C3CCCCC3)C2=O)cc1Cl. The molecular weight excluding hydrogens is 416 g/mol. The number of amides is 1. The van der Waals surface area contributed by atoms with Crippen molar-refractivity contribution in [2.45, 2.75) is 45.1 Å². The highest BCUT2D eigenvalue weighted by molar-refractivity contribution is 8.18. The van der Waals surface area contributed by atoms with E-state index in [0.717, 1.165) is 42.1 Å². The number of hydrogen-bond acceptors (Lipinski definition) is 4. The van der Waals surface area contributed by atoms with Gasteiger partial charge in [-0.2, -0.15) is 0 Å². The van der Waals surface area contributed by atoms with Crippen LogP contribution < -0.4 is 4.74 Å². The summed E-state index contributed by atoms with van der Waals surface area (Å²) >= 11 is 7.78. The first-order valence-corrected chi connectivity index (χ1v) is 11.6. The second-order valence-corrected chi connectivity index (χ2v) is 8.85. The summed E-state index contributed by atoms with van der Waals surface area (Å²) in [5, 5.41) is 1.31. The van der Waals surface area contributed by atoms with Crippen molar-refractivity contribution in [2.75, 3.05) is 6.61 Å². The molecule has 6 heteroatoms. The predicted octanol–water partition coefficient (Wildman–Crippen LogP) is 6.68. The van der Waals surface area contributed by atoms with E-state index in [-0.39, 0.29) is 11.9 Å². The number of carbonyl (C=O) groups excluding carboxylic acids is 1. The molecule has 1 aliphatic carbocycles. The minimum atomic E-state index is 0.0339. The minimum Gasteiger partial charge on any atom is -0.492 e. The summed E-state index contributed by atoms with van der Waals surface area (Å²) in [7, 11) is 0. The van der Waals surface area contributed by atoms with E-state index in [9.17, 15) is 4.79 Å². The molecule has 4 rings (SSSR count). The number of halogens is 1. The molecule has 0 N–H and O–H groups in total. The fourth-order valence-corrected chi connectivity index (χ4v) is 5.17. The van der Waals surface area contributed by atoms with E-state index < -0.39 is 0 Å². The maximum atomic E-state index is 13.4. The van der Waals surface area contributed by atoms with Crippen LogP contribution in [0, 0.1) is 0 Å². The summed E-state index contributed by atoms with van der Waals surface area (Å²) < 4.78 is 5.51. The smallest absolute Gasteiger partial charge is 0.267 e. The van der Waals surface area contributed by atoms with Crippen LogP contribution in [-0.4, -0.2) is 28.6 Å². The molecule has 0 unspecified atom stereocenters. The first kappa shape index (κ1) is 21.0. The van der Waals surface area contributed by atoms with E-state index in [2.05, 4.69) is 0 Å². The maximum Gasteiger partial charge on any atom is 0.267 e. The topological polar surface area (TPSA) is 41.9 Å². The normalized spacial score (nSPS) is 20.3. The van der Waals surface area contributed by atoms with Gasteiger partial charge in [0, 0.05) is 6.04 Å². The molecule has 1 saturated heterocycles. The Hall–Kier alpha value is -2.24. The lowest BCUT2D eigenvalue weighted by atomic mass is 9.94. The summed E-state index contributed by atoms with van der Waals surface area (Å²) in [4.78, 5) is 20.8. The van der Waals surface area contributed by atoms with Gasteiger partial charge < -0.3 is 4.74 Å². The van der Waals surface area contributed by atoms with Gasteiger partial charge in [0.1, 0.15) is 5.75 Å². The van der Waals surface area contributed by atoms with E-state index in [1.807, 2.05) is 66.4 Å². The fourth-order valence-electron chi connectivity index (χ4n) is 3.87. The number of hydrogen-bond donors (Lipinski definition) is 0. The largest absolute Gasteiger partial charge is 0.492 e. The zero-order valence-electron chi connectivity index (χ0n) is 17.0. The quantitative estimate of drug-likeness (QED) is 0.487. The number of amidine groups is 1. The van der Waals surface area contributed by atoms with Crippen molar-refractivity contribution in [3.63, 3.8) is 0 Å². The van der Waals surface area contributed by atoms with Gasteiger partial charge in [-0.1, -0.05) is 55.1 Å². The molecule has 1 heterocycles. The lowest BCUT2D eigenvalue weighted by Crippen LogP contribution is -2.40. The van der Waals surface area contributed by atoms with Crippen molar-refractivity contribution in [3.05, 3.63) is 64.0 Å². The maximum absolute atomic E-state index is 13.4. The third-order valence-corrected chi connectivity index (χ3v) is 6.59. The van der Waals surface area contributed by atoms with Gasteiger partial charge in [-0.3, -0.25) is 9.69 Å². The Balaban J connectivity index is 1.66. The van der Waals surface area contributed by atoms with Crippen LogP contribution in [0.25, 0.3) is 6.08 Å². The molecule has 30 heavy (non-hydrogen) atoms. The van der Waals surface area contributed by atoms with Crippen molar-refractivity contribution in [3.8, 4) is 5.75 Å². The van der Waals surface area contributed by atoms with Crippen LogP contribution in [0.2, 0.25) is 5.02 Å². The summed E-state index contributed by atoms with van der Waals surface area (Å²) in [6.45, 7) is 2.48. The van der Waals surface area contributed by atoms with E-state index in [1.165, 1.54) is 18.2 Å². The number of rotatable bonds is 5. The third-order valence-electron chi connectivity index (χ3n) is 5.31. The van der Waals surface area contributed by atoms with Crippen LogP contribution in [0.3, 0.4) is 0 Å². The van der Waals surface area contributed by atoms with Gasteiger partial charge in [-0.15, -0.1) is 0 Å². The molecule has 2 aromatic carbocycles. The van der Waals surface area contributed by atoms with Gasteiger partial charge in [0.25, 0.3) is 5.91 Å². The first-order chi connectivity index (χ1) is 14.7. The number of thioether (sulfide) groups is 1. The zero-order chi connectivity index (χ0) is 20.9. The summed E-state index contributed by atoms with van der Waals surface area (Å²) in [5.74, 6) is 0.688. The second kappa shape index (κ2) is 9.71. The van der Waals surface area contributed by atoms with Crippen LogP contribution >= 0.6 is 23.4 Å². The lowest BCUT2D eigenvalue weighted by Gasteiger charge is -2.30. The van der Waals surface area contributed by atoms with E-state index >= 15 is 0 Å². The lowest BCUT2D eigenvalue weighted by molar-refractivity contribution is -0.124. The molecular formula is C24H25ClN2O2S. The number of para-hydroxylation sites is 1. The third kappa shape index (κ3) is 4.73. The van der Waals surface area contributed by atoms with Crippen LogP contribution in [0.15, 0.2) is 58.4 Å². The molecule has 156 valence electrons. The summed E-state index contributed by atoms with van der Waals surface area (Å²) in [6.07, 6.45) is 7.52. The van der Waals surface area contributed by atoms with Crippen LogP contribution in [0.1, 0.15) is 44.6 Å². The van der Waals surface area contributed by atoms with Crippen LogP contribution in [-0.2, 0) is 4.79 Å². The van der Waals surface area contributed by atoms with Crippen molar-refractivity contribution in [1.29, 1.82) is 0 Å². The molecule has 2 fully saturated rings. The Bertz CT molecular complexity index is 968. The van der Waals surface area contributed by atoms with Gasteiger partial charge in [0.15, 0.2) is 5.17 Å². The number of nitrogens with zero attached hydrogens (tertiary/aromatic N) is 2. The Morgan fingerprint density at radius 1 is 1.17 bits per heavy atom. The Kier molecular flexibility index (Phi) is 6.80.